The Labute approximate surface area is 129 Å². The van der Waals surface area contributed by atoms with Crippen LogP contribution in [0.4, 0.5) is 0 Å². The Morgan fingerprint density at radius 1 is 1.33 bits per heavy atom. The molecule has 1 aromatic rings. The van der Waals surface area contributed by atoms with Gasteiger partial charge in [0.05, 0.1) is 3.79 Å². The van der Waals surface area contributed by atoms with Gasteiger partial charge in [0.15, 0.2) is 0 Å². The minimum absolute atomic E-state index is 0.372. The lowest BCUT2D eigenvalue weighted by atomic mass is 9.89. The second-order valence-corrected chi connectivity index (χ2v) is 10.1. The number of hydrogen-bond donors (Lipinski definition) is 1. The van der Waals surface area contributed by atoms with Gasteiger partial charge in [-0.15, -0.1) is 11.3 Å². The summed E-state index contributed by atoms with van der Waals surface area (Å²) in [5.41, 5.74) is 0. The van der Waals surface area contributed by atoms with E-state index in [0.717, 1.165) is 16.6 Å². The highest BCUT2D eigenvalue weighted by Gasteiger charge is 2.25. The maximum Gasteiger partial charge on any atom is 0.250 e. The van der Waals surface area contributed by atoms with Gasteiger partial charge in [-0.1, -0.05) is 28.8 Å². The lowest BCUT2D eigenvalue weighted by molar-refractivity contribution is 0.373. The van der Waals surface area contributed by atoms with E-state index >= 15 is 0 Å². The molecule has 0 spiro atoms. The molecule has 1 aromatic heterocycles. The fraction of sp³-hybridized carbons (Fsp3) is 0.636. The van der Waals surface area contributed by atoms with Crippen molar-refractivity contribution in [3.63, 3.8) is 0 Å². The Kier molecular flexibility index (Phi) is 5.28. The molecule has 0 saturated heterocycles. The zero-order valence-corrected chi connectivity index (χ0v) is 14.5. The monoisotopic (exact) mass is 415 g/mol. The summed E-state index contributed by atoms with van der Waals surface area (Å²) in [5, 5.41) is 0. The molecule has 0 bridgehead atoms. The van der Waals surface area contributed by atoms with Crippen molar-refractivity contribution in [2.45, 2.75) is 34.7 Å². The Balaban J connectivity index is 1.96. The molecule has 2 unspecified atom stereocenters. The van der Waals surface area contributed by atoms with E-state index in [9.17, 15) is 8.42 Å². The predicted octanol–water partition coefficient (Wildman–Crippen LogP) is 3.74. The molecule has 3 nitrogen and oxygen atoms in total. The second kappa shape index (κ2) is 6.35. The summed E-state index contributed by atoms with van der Waals surface area (Å²) in [4.78, 5) is 0.434. The first-order valence-electron chi connectivity index (χ1n) is 5.88. The molecule has 1 saturated carbocycles. The molecule has 18 heavy (non-hydrogen) atoms. The van der Waals surface area contributed by atoms with E-state index in [4.69, 9.17) is 0 Å². The van der Waals surface area contributed by atoms with Gasteiger partial charge in [0.2, 0.25) is 10.0 Å². The molecule has 1 heterocycles. The lowest BCUT2D eigenvalue weighted by Crippen LogP contribution is -2.34. The van der Waals surface area contributed by atoms with Crippen molar-refractivity contribution in [1.29, 1.82) is 0 Å². The maximum absolute atomic E-state index is 12.1. The van der Waals surface area contributed by atoms with Gasteiger partial charge < -0.3 is 0 Å². The number of rotatable bonds is 4. The number of sulfonamides is 1. The highest BCUT2D eigenvalue weighted by atomic mass is 79.9. The van der Waals surface area contributed by atoms with Crippen LogP contribution in [-0.2, 0) is 10.0 Å². The van der Waals surface area contributed by atoms with Crippen LogP contribution in [0, 0.1) is 5.92 Å². The first kappa shape index (κ1) is 15.0. The molecule has 1 aliphatic carbocycles. The Morgan fingerprint density at radius 3 is 2.67 bits per heavy atom. The van der Waals surface area contributed by atoms with Gasteiger partial charge in [-0.05, 0) is 46.8 Å². The van der Waals surface area contributed by atoms with Gasteiger partial charge >= 0.3 is 0 Å². The number of alkyl halides is 1. The molecule has 2 atom stereocenters. The highest BCUT2D eigenvalue weighted by molar-refractivity contribution is 9.11. The van der Waals surface area contributed by atoms with Gasteiger partial charge in [0.1, 0.15) is 4.21 Å². The van der Waals surface area contributed by atoms with Gasteiger partial charge in [-0.3, -0.25) is 0 Å². The summed E-state index contributed by atoms with van der Waals surface area (Å²) in [6.45, 7) is 0.522. The first-order valence-corrected chi connectivity index (χ1v) is 9.89. The molecule has 0 amide bonds. The van der Waals surface area contributed by atoms with Crippen LogP contribution >= 0.6 is 43.2 Å². The minimum atomic E-state index is -3.34. The smallest absolute Gasteiger partial charge is 0.210 e. The Bertz CT molecular complexity index is 501. The molecular weight excluding hydrogens is 402 g/mol. The largest absolute Gasteiger partial charge is 0.250 e. The summed E-state index contributed by atoms with van der Waals surface area (Å²) in [6.07, 6.45) is 4.65. The summed E-state index contributed by atoms with van der Waals surface area (Å²) < 4.78 is 28.0. The molecule has 0 radical (unpaired) electrons. The zero-order chi connectivity index (χ0) is 13.2. The van der Waals surface area contributed by atoms with Crippen molar-refractivity contribution in [1.82, 2.24) is 4.72 Å². The third-order valence-corrected chi connectivity index (χ3v) is 7.91. The van der Waals surface area contributed by atoms with Crippen LogP contribution in [0.15, 0.2) is 20.1 Å². The average molecular weight is 417 g/mol. The van der Waals surface area contributed by atoms with Crippen molar-refractivity contribution < 1.29 is 8.42 Å². The van der Waals surface area contributed by atoms with Crippen molar-refractivity contribution in [2.75, 3.05) is 6.54 Å². The van der Waals surface area contributed by atoms with Crippen molar-refractivity contribution in [2.24, 2.45) is 5.92 Å². The molecule has 102 valence electrons. The van der Waals surface area contributed by atoms with Gasteiger partial charge in [0.25, 0.3) is 0 Å². The SMILES string of the molecule is O=S(=O)(NCC1CCCCC1Br)c1ccc(Br)s1. The lowest BCUT2D eigenvalue weighted by Gasteiger charge is -2.27. The van der Waals surface area contributed by atoms with Crippen LogP contribution in [0.5, 0.6) is 0 Å². The molecular formula is C11H15Br2NO2S2. The molecule has 2 rings (SSSR count). The normalized spacial score (nSPS) is 25.2. The van der Waals surface area contributed by atoms with E-state index in [0.29, 0.717) is 21.5 Å². The minimum Gasteiger partial charge on any atom is -0.210 e. The zero-order valence-electron chi connectivity index (χ0n) is 9.73. The number of halogens is 2. The summed E-state index contributed by atoms with van der Waals surface area (Å²) in [6, 6.07) is 3.39. The van der Waals surface area contributed by atoms with E-state index in [-0.39, 0.29) is 0 Å². The van der Waals surface area contributed by atoms with Crippen molar-refractivity contribution in [3.05, 3.63) is 15.9 Å². The third kappa shape index (κ3) is 3.79. The van der Waals surface area contributed by atoms with Crippen molar-refractivity contribution in [3.8, 4) is 0 Å². The highest BCUT2D eigenvalue weighted by Crippen LogP contribution is 2.30. The quantitative estimate of drug-likeness (QED) is 0.759. The Morgan fingerprint density at radius 2 is 2.06 bits per heavy atom. The summed E-state index contributed by atoms with van der Waals surface area (Å²) >= 11 is 8.16. The molecule has 0 aromatic carbocycles. The molecule has 1 fully saturated rings. The maximum atomic E-state index is 12.1. The fourth-order valence-electron chi connectivity index (χ4n) is 2.12. The molecule has 7 heteroatoms. The van der Waals surface area contributed by atoms with Gasteiger partial charge in [0, 0.05) is 11.4 Å². The average Bonchev–Trinajstić information content (AvgIpc) is 2.76. The number of thiophene rings is 1. The second-order valence-electron chi connectivity index (χ2n) is 4.47. The molecule has 0 aliphatic heterocycles. The predicted molar refractivity (Wildman–Crippen MR) is 81.9 cm³/mol. The first-order chi connectivity index (χ1) is 8.49. The van der Waals surface area contributed by atoms with Crippen LogP contribution in [0.25, 0.3) is 0 Å². The van der Waals surface area contributed by atoms with E-state index in [1.165, 1.54) is 24.2 Å². The number of hydrogen-bond acceptors (Lipinski definition) is 3. The van der Waals surface area contributed by atoms with E-state index in [1.54, 1.807) is 12.1 Å². The summed E-state index contributed by atoms with van der Waals surface area (Å²) in [5.74, 6) is 0.400. The standard InChI is InChI=1S/C11H15Br2NO2S2/c12-9-4-2-1-3-8(9)7-14-18(15,16)11-6-5-10(13)17-11/h5-6,8-9,14H,1-4,7H2. The van der Waals surface area contributed by atoms with Gasteiger partial charge in [-0.25, -0.2) is 13.1 Å². The fourth-order valence-corrected chi connectivity index (χ4v) is 6.05. The van der Waals surface area contributed by atoms with E-state index < -0.39 is 10.0 Å². The topological polar surface area (TPSA) is 46.2 Å². The van der Waals surface area contributed by atoms with Crippen LogP contribution in [0.1, 0.15) is 25.7 Å². The molecule has 1 aliphatic rings. The van der Waals surface area contributed by atoms with Crippen LogP contribution in [0.2, 0.25) is 0 Å². The van der Waals surface area contributed by atoms with Crippen LogP contribution < -0.4 is 4.72 Å². The third-order valence-electron chi connectivity index (χ3n) is 3.17. The van der Waals surface area contributed by atoms with E-state index in [2.05, 4.69) is 36.6 Å². The molecule has 1 N–H and O–H groups in total. The summed E-state index contributed by atoms with van der Waals surface area (Å²) in [7, 11) is -3.34. The Hall–Kier alpha value is 0.570. The van der Waals surface area contributed by atoms with Crippen molar-refractivity contribution >= 4 is 53.2 Å². The number of nitrogens with one attached hydrogen (secondary N) is 1. The van der Waals surface area contributed by atoms with Crippen LogP contribution in [0.3, 0.4) is 0 Å². The van der Waals surface area contributed by atoms with E-state index in [1.807, 2.05) is 0 Å². The van der Waals surface area contributed by atoms with Crippen LogP contribution in [-0.4, -0.2) is 19.8 Å². The van der Waals surface area contributed by atoms with Gasteiger partial charge in [-0.2, -0.15) is 0 Å².